The molecule has 0 aromatic heterocycles. The minimum Gasteiger partial charge on any atom is -0.507 e. The monoisotopic (exact) mass is 536 g/mol. The smallest absolute Gasteiger partial charge is 0.206 e. The first-order valence-corrected chi connectivity index (χ1v) is 12.4. The van der Waals surface area contributed by atoms with E-state index in [1.165, 1.54) is 42.8 Å². The summed E-state index contributed by atoms with van der Waals surface area (Å²) in [6, 6.07) is 23.4. The van der Waals surface area contributed by atoms with Gasteiger partial charge in [0.05, 0.1) is 21.2 Å². The van der Waals surface area contributed by atoms with Crippen LogP contribution in [-0.2, 0) is 9.84 Å². The van der Waals surface area contributed by atoms with Crippen molar-refractivity contribution in [3.8, 4) is 5.75 Å². The molecule has 0 heterocycles. The van der Waals surface area contributed by atoms with E-state index in [1.54, 1.807) is 60.7 Å². The van der Waals surface area contributed by atoms with Crippen LogP contribution in [0.15, 0.2) is 115 Å². The van der Waals surface area contributed by atoms with Crippen molar-refractivity contribution in [2.24, 2.45) is 9.98 Å². The van der Waals surface area contributed by atoms with Crippen molar-refractivity contribution < 1.29 is 17.9 Å². The maximum Gasteiger partial charge on any atom is 0.206 e. The highest BCUT2D eigenvalue weighted by Crippen LogP contribution is 2.26. The van der Waals surface area contributed by atoms with Crippen molar-refractivity contribution in [3.05, 3.63) is 112 Å². The normalized spacial score (nSPS) is 11.9. The summed E-state index contributed by atoms with van der Waals surface area (Å²) in [7, 11) is -3.74. The maximum atomic E-state index is 13.7. The van der Waals surface area contributed by atoms with E-state index in [4.69, 9.17) is 0 Å². The second kappa shape index (κ2) is 10.1. The van der Waals surface area contributed by atoms with Crippen molar-refractivity contribution in [2.75, 3.05) is 0 Å². The number of halogens is 2. The highest BCUT2D eigenvalue weighted by Gasteiger charge is 2.17. The molecule has 0 unspecified atom stereocenters. The van der Waals surface area contributed by atoms with Gasteiger partial charge in [0.25, 0.3) is 0 Å². The largest absolute Gasteiger partial charge is 0.507 e. The van der Waals surface area contributed by atoms with Gasteiger partial charge in [-0.25, -0.2) is 12.8 Å². The number of phenolic OH excluding ortho intramolecular Hbond substituents is 1. The molecule has 4 aromatic carbocycles. The average Bonchev–Trinajstić information content (AvgIpc) is 2.84. The number of sulfone groups is 1. The highest BCUT2D eigenvalue weighted by atomic mass is 79.9. The van der Waals surface area contributed by atoms with Gasteiger partial charge in [-0.2, -0.15) is 0 Å². The van der Waals surface area contributed by atoms with Crippen molar-refractivity contribution in [1.29, 1.82) is 0 Å². The predicted molar refractivity (Wildman–Crippen MR) is 135 cm³/mol. The molecular weight excluding hydrogens is 519 g/mol. The molecule has 5 nitrogen and oxygen atoms in total. The second-order valence-corrected chi connectivity index (χ2v) is 10.1. The Labute approximate surface area is 205 Å². The Balaban J connectivity index is 1.50. The third kappa shape index (κ3) is 5.47. The van der Waals surface area contributed by atoms with E-state index < -0.39 is 9.84 Å². The molecule has 34 heavy (non-hydrogen) atoms. The molecule has 4 rings (SSSR count). The number of phenols is 1. The second-order valence-electron chi connectivity index (χ2n) is 7.23. The summed E-state index contributed by atoms with van der Waals surface area (Å²) in [5, 5.41) is 9.90. The van der Waals surface area contributed by atoms with E-state index in [1.807, 2.05) is 0 Å². The van der Waals surface area contributed by atoms with Crippen molar-refractivity contribution in [1.82, 2.24) is 0 Å². The van der Waals surface area contributed by atoms with Crippen molar-refractivity contribution >= 4 is 49.6 Å². The van der Waals surface area contributed by atoms with Crippen LogP contribution in [0.4, 0.5) is 15.8 Å². The minimum atomic E-state index is -3.74. The molecule has 0 aliphatic rings. The minimum absolute atomic E-state index is 0.0906. The van der Waals surface area contributed by atoms with Crippen molar-refractivity contribution in [3.63, 3.8) is 0 Å². The first-order chi connectivity index (χ1) is 16.3. The van der Waals surface area contributed by atoms with Crippen LogP contribution in [-0.4, -0.2) is 26.0 Å². The molecule has 0 bridgehead atoms. The topological polar surface area (TPSA) is 79.1 Å². The summed E-state index contributed by atoms with van der Waals surface area (Å²) >= 11 is 3.34. The number of rotatable bonds is 6. The maximum absolute atomic E-state index is 13.7. The molecule has 1 N–H and O–H groups in total. The molecule has 0 saturated heterocycles. The first kappa shape index (κ1) is 23.5. The molecule has 170 valence electrons. The number of hydrogen-bond acceptors (Lipinski definition) is 5. The zero-order chi connectivity index (χ0) is 24.1. The van der Waals surface area contributed by atoms with Gasteiger partial charge in [-0.3, -0.25) is 9.98 Å². The summed E-state index contributed by atoms with van der Waals surface area (Å²) in [6.45, 7) is 0. The highest BCUT2D eigenvalue weighted by molar-refractivity contribution is 9.10. The predicted octanol–water partition coefficient (Wildman–Crippen LogP) is 6.63. The van der Waals surface area contributed by atoms with Crippen LogP contribution in [0.1, 0.15) is 11.1 Å². The SMILES string of the molecule is O=S(=O)(c1ccc(N=Cc2cc(Br)ccc2O)cc1)c1ccc(N=Cc2ccccc2F)cc1. The van der Waals surface area contributed by atoms with Gasteiger partial charge in [-0.05, 0) is 72.8 Å². The van der Waals surface area contributed by atoms with Crippen LogP contribution < -0.4 is 0 Å². The summed E-state index contributed by atoms with van der Waals surface area (Å²) in [5.41, 5.74) is 1.92. The molecular formula is C26H18BrFN2O3S. The van der Waals surface area contributed by atoms with Gasteiger partial charge in [0, 0.05) is 28.0 Å². The van der Waals surface area contributed by atoms with Gasteiger partial charge in [-0.1, -0.05) is 34.1 Å². The van der Waals surface area contributed by atoms with E-state index >= 15 is 0 Å². The Bertz CT molecular complexity index is 1480. The average molecular weight is 537 g/mol. The molecule has 0 radical (unpaired) electrons. The van der Waals surface area contributed by atoms with Crippen LogP contribution in [0, 0.1) is 5.82 Å². The molecule has 8 heteroatoms. The van der Waals surface area contributed by atoms with E-state index in [0.717, 1.165) is 4.47 Å². The van der Waals surface area contributed by atoms with Crippen LogP contribution in [0.2, 0.25) is 0 Å². The third-order valence-corrected chi connectivity index (χ3v) is 7.17. The molecule has 0 atom stereocenters. The molecule has 0 aliphatic carbocycles. The van der Waals surface area contributed by atoms with Crippen LogP contribution in [0.25, 0.3) is 0 Å². The van der Waals surface area contributed by atoms with Crippen LogP contribution >= 0.6 is 15.9 Å². The fourth-order valence-corrected chi connectivity index (χ4v) is 4.70. The van der Waals surface area contributed by atoms with E-state index in [0.29, 0.717) is 22.5 Å². The van der Waals surface area contributed by atoms with E-state index in [9.17, 15) is 17.9 Å². The molecule has 0 aliphatic heterocycles. The van der Waals surface area contributed by atoms with E-state index in [-0.39, 0.29) is 21.4 Å². The third-order valence-electron chi connectivity index (χ3n) is 4.89. The Kier molecular flexibility index (Phi) is 7.00. The van der Waals surface area contributed by atoms with Gasteiger partial charge in [0.2, 0.25) is 9.84 Å². The zero-order valence-corrected chi connectivity index (χ0v) is 20.0. The zero-order valence-electron chi connectivity index (χ0n) is 17.6. The molecule has 0 amide bonds. The molecule has 0 saturated carbocycles. The summed E-state index contributed by atoms with van der Waals surface area (Å²) < 4.78 is 40.5. The lowest BCUT2D eigenvalue weighted by atomic mass is 10.2. The summed E-state index contributed by atoms with van der Waals surface area (Å²) in [4.78, 5) is 8.74. The first-order valence-electron chi connectivity index (χ1n) is 10.1. The Morgan fingerprint density at radius 1 is 0.735 bits per heavy atom. The van der Waals surface area contributed by atoms with Gasteiger partial charge in [0.1, 0.15) is 11.6 Å². The lowest BCUT2D eigenvalue weighted by Gasteiger charge is -2.06. The van der Waals surface area contributed by atoms with Gasteiger partial charge in [-0.15, -0.1) is 0 Å². The van der Waals surface area contributed by atoms with E-state index in [2.05, 4.69) is 25.9 Å². The number of benzene rings is 4. The lowest BCUT2D eigenvalue weighted by Crippen LogP contribution is -2.01. The number of nitrogens with zero attached hydrogens (tertiary/aromatic N) is 2. The van der Waals surface area contributed by atoms with Gasteiger partial charge >= 0.3 is 0 Å². The Hall–Kier alpha value is -3.62. The molecule has 0 spiro atoms. The molecule has 0 fully saturated rings. The van der Waals surface area contributed by atoms with Crippen LogP contribution in [0.5, 0.6) is 5.75 Å². The molecule has 4 aromatic rings. The fraction of sp³-hybridized carbons (Fsp3) is 0. The number of aliphatic imine (C=N–C) groups is 2. The quantitative estimate of drug-likeness (QED) is 0.281. The Morgan fingerprint density at radius 3 is 1.82 bits per heavy atom. The lowest BCUT2D eigenvalue weighted by molar-refractivity contribution is 0.474. The number of aromatic hydroxyl groups is 1. The number of hydrogen-bond donors (Lipinski definition) is 1. The fourth-order valence-electron chi connectivity index (χ4n) is 3.06. The Morgan fingerprint density at radius 2 is 1.26 bits per heavy atom. The van der Waals surface area contributed by atoms with Gasteiger partial charge in [0.15, 0.2) is 0 Å². The summed E-state index contributed by atoms with van der Waals surface area (Å²) in [6.07, 6.45) is 2.90. The van der Waals surface area contributed by atoms with Crippen LogP contribution in [0.3, 0.4) is 0 Å². The van der Waals surface area contributed by atoms with Crippen molar-refractivity contribution in [2.45, 2.75) is 9.79 Å². The standard InChI is InChI=1S/C26H18BrFN2O3S/c27-20-5-14-26(31)19(15-20)17-30-22-8-12-24(13-9-22)34(32,33)23-10-6-21(7-11-23)29-16-18-3-1-2-4-25(18)28/h1-17,31H. The summed E-state index contributed by atoms with van der Waals surface area (Å²) in [5.74, 6) is -0.292. The van der Waals surface area contributed by atoms with Gasteiger partial charge < -0.3 is 5.11 Å².